The Hall–Kier alpha value is -4.89. The molecule has 4 N–H and O–H groups in total. The lowest BCUT2D eigenvalue weighted by atomic mass is 9.90. The number of ether oxygens (including phenoxy) is 1. The van der Waals surface area contributed by atoms with Crippen molar-refractivity contribution in [2.75, 3.05) is 19.0 Å². The van der Waals surface area contributed by atoms with Crippen LogP contribution in [0.1, 0.15) is 16.7 Å². The summed E-state index contributed by atoms with van der Waals surface area (Å²) in [7, 11) is 1.50. The summed E-state index contributed by atoms with van der Waals surface area (Å²) in [6.07, 6.45) is 5.01. The molecule has 40 heavy (non-hydrogen) atoms. The van der Waals surface area contributed by atoms with Gasteiger partial charge in [-0.15, -0.1) is 0 Å². The molecule has 0 aliphatic heterocycles. The Morgan fingerprint density at radius 1 is 0.925 bits per heavy atom. The van der Waals surface area contributed by atoms with Crippen molar-refractivity contribution in [2.24, 2.45) is 5.73 Å². The predicted molar refractivity (Wildman–Crippen MR) is 155 cm³/mol. The minimum Gasteiger partial charge on any atom is -0.496 e. The Bertz CT molecular complexity index is 1720. The number of hydrogen-bond acceptors (Lipinski definition) is 7. The molecule has 0 radical (unpaired) electrons. The third-order valence-electron chi connectivity index (χ3n) is 6.88. The number of nitrogens with one attached hydrogen (secondary N) is 2. The Kier molecular flexibility index (Phi) is 7.65. The van der Waals surface area contributed by atoms with Crippen LogP contribution >= 0.6 is 0 Å². The lowest BCUT2D eigenvalue weighted by Gasteiger charge is -2.18. The number of hydrogen-bond donors (Lipinski definition) is 3. The lowest BCUT2D eigenvalue weighted by Crippen LogP contribution is -2.28. The topological polar surface area (TPSA) is 115 Å². The number of rotatable bonds is 9. The van der Waals surface area contributed by atoms with Crippen molar-refractivity contribution in [1.29, 1.82) is 0 Å². The molecule has 0 aliphatic rings. The summed E-state index contributed by atoms with van der Waals surface area (Å²) >= 11 is 0. The van der Waals surface area contributed by atoms with E-state index in [4.69, 9.17) is 10.5 Å². The monoisotopic (exact) mass is 536 g/mol. The molecule has 9 heteroatoms. The van der Waals surface area contributed by atoms with Gasteiger partial charge in [0.05, 0.1) is 19.2 Å². The number of amides is 1. The molecule has 2 aromatic heterocycles. The third kappa shape index (κ3) is 5.32. The standard InChI is InChI=1S/C31H29FN6O2/c1-18-21(20-14-25(32)24(28(15-20)40-3)16-34-17-29(33)39)6-4-7-22(18)23-8-5-9-26(19(23)2)38-31-30-27(10-11-37-31)35-12-13-36-30/h4-15,34H,16-17H2,1-3H3,(H2,33,39)(H,37,38). The van der Waals surface area contributed by atoms with Crippen LogP contribution in [0.25, 0.3) is 33.3 Å². The number of carbonyl (C=O) groups is 1. The number of halogens is 1. The van der Waals surface area contributed by atoms with E-state index in [9.17, 15) is 4.79 Å². The molecule has 5 rings (SSSR count). The van der Waals surface area contributed by atoms with Gasteiger partial charge in [0.25, 0.3) is 0 Å². The summed E-state index contributed by atoms with van der Waals surface area (Å²) in [5.41, 5.74) is 13.5. The van der Waals surface area contributed by atoms with Crippen molar-refractivity contribution in [1.82, 2.24) is 20.3 Å². The molecule has 0 spiro atoms. The smallest absolute Gasteiger partial charge is 0.231 e. The number of aromatic nitrogens is 3. The molecule has 0 saturated heterocycles. The molecule has 0 unspecified atom stereocenters. The van der Waals surface area contributed by atoms with Crippen molar-refractivity contribution in [2.45, 2.75) is 20.4 Å². The van der Waals surface area contributed by atoms with Crippen LogP contribution in [0.2, 0.25) is 0 Å². The second-order valence-electron chi connectivity index (χ2n) is 9.37. The van der Waals surface area contributed by atoms with Crippen LogP contribution in [0.15, 0.2) is 73.2 Å². The van der Waals surface area contributed by atoms with Crippen molar-refractivity contribution in [3.8, 4) is 28.0 Å². The van der Waals surface area contributed by atoms with Crippen molar-refractivity contribution in [3.05, 3.63) is 95.7 Å². The van der Waals surface area contributed by atoms with E-state index in [0.717, 1.165) is 39.0 Å². The number of pyridine rings is 1. The zero-order valence-corrected chi connectivity index (χ0v) is 22.5. The van der Waals surface area contributed by atoms with Crippen LogP contribution in [-0.4, -0.2) is 34.5 Å². The number of primary amides is 1. The fourth-order valence-corrected chi connectivity index (χ4v) is 4.85. The van der Waals surface area contributed by atoms with E-state index in [2.05, 4.69) is 44.6 Å². The SMILES string of the molecule is COc1cc(-c2cccc(-c3cccc(Nc4nccc5nccnc45)c3C)c2C)cc(F)c1CNCC(N)=O. The molecule has 0 fully saturated rings. The van der Waals surface area contributed by atoms with Crippen LogP contribution in [-0.2, 0) is 11.3 Å². The number of anilines is 2. The minimum absolute atomic E-state index is 0.0528. The zero-order chi connectivity index (χ0) is 28.2. The summed E-state index contributed by atoms with van der Waals surface area (Å²) in [6.45, 7) is 4.14. The molecule has 0 bridgehead atoms. The first-order valence-electron chi connectivity index (χ1n) is 12.8. The normalized spacial score (nSPS) is 11.0. The first-order chi connectivity index (χ1) is 19.4. The summed E-state index contributed by atoms with van der Waals surface area (Å²) in [6, 6.07) is 17.2. The summed E-state index contributed by atoms with van der Waals surface area (Å²) in [5.74, 6) is 0.0818. The van der Waals surface area contributed by atoms with E-state index in [-0.39, 0.29) is 13.1 Å². The third-order valence-corrected chi connectivity index (χ3v) is 6.88. The van der Waals surface area contributed by atoms with Crippen molar-refractivity contribution in [3.63, 3.8) is 0 Å². The highest BCUT2D eigenvalue weighted by Gasteiger charge is 2.17. The van der Waals surface area contributed by atoms with Crippen molar-refractivity contribution < 1.29 is 13.9 Å². The Morgan fingerprint density at radius 3 is 2.42 bits per heavy atom. The highest BCUT2D eigenvalue weighted by atomic mass is 19.1. The highest BCUT2D eigenvalue weighted by molar-refractivity contribution is 5.89. The molecule has 5 aromatic rings. The molecule has 0 saturated carbocycles. The number of methoxy groups -OCH3 is 1. The number of nitrogens with zero attached hydrogens (tertiary/aromatic N) is 3. The van der Waals surface area contributed by atoms with E-state index in [1.165, 1.54) is 13.2 Å². The van der Waals surface area contributed by atoms with Gasteiger partial charge < -0.3 is 21.1 Å². The second-order valence-corrected chi connectivity index (χ2v) is 9.37. The molecule has 3 aromatic carbocycles. The lowest BCUT2D eigenvalue weighted by molar-refractivity contribution is -0.117. The van der Waals surface area contributed by atoms with Gasteiger partial charge in [0, 0.05) is 36.4 Å². The van der Waals surface area contributed by atoms with Gasteiger partial charge in [0.15, 0.2) is 5.82 Å². The van der Waals surface area contributed by atoms with Gasteiger partial charge in [-0.25, -0.2) is 14.4 Å². The van der Waals surface area contributed by atoms with E-state index in [0.29, 0.717) is 28.2 Å². The van der Waals surface area contributed by atoms with Crippen LogP contribution < -0.4 is 21.1 Å². The first-order valence-corrected chi connectivity index (χ1v) is 12.8. The average molecular weight is 537 g/mol. The second kappa shape index (κ2) is 11.5. The van der Waals surface area contributed by atoms with Crippen LogP contribution in [0.3, 0.4) is 0 Å². The van der Waals surface area contributed by atoms with E-state index in [1.54, 1.807) is 18.6 Å². The average Bonchev–Trinajstić information content (AvgIpc) is 2.95. The number of benzene rings is 3. The Labute approximate surface area is 231 Å². The first kappa shape index (κ1) is 26.7. The fraction of sp³-hybridized carbons (Fsp3) is 0.161. The quantitative estimate of drug-likeness (QED) is 0.230. The van der Waals surface area contributed by atoms with E-state index >= 15 is 4.39 Å². The molecular weight excluding hydrogens is 507 g/mol. The number of fused-ring (bicyclic) bond motifs is 1. The molecule has 0 aliphatic carbocycles. The molecular formula is C31H29FN6O2. The molecule has 8 nitrogen and oxygen atoms in total. The van der Waals surface area contributed by atoms with Gasteiger partial charge in [-0.1, -0.05) is 30.3 Å². The summed E-state index contributed by atoms with van der Waals surface area (Å²) in [5, 5.41) is 6.27. The van der Waals surface area contributed by atoms with Gasteiger partial charge in [0.2, 0.25) is 5.91 Å². The Morgan fingerprint density at radius 2 is 1.65 bits per heavy atom. The maximum Gasteiger partial charge on any atom is 0.231 e. The largest absolute Gasteiger partial charge is 0.496 e. The Balaban J connectivity index is 1.51. The number of nitrogens with two attached hydrogens (primary N) is 1. The van der Waals surface area contributed by atoms with Crippen LogP contribution in [0, 0.1) is 19.7 Å². The van der Waals surface area contributed by atoms with E-state index in [1.807, 2.05) is 43.3 Å². The van der Waals surface area contributed by atoms with Gasteiger partial charge in [0.1, 0.15) is 17.1 Å². The minimum atomic E-state index is -0.514. The predicted octanol–water partition coefficient (Wildman–Crippen LogP) is 5.44. The van der Waals surface area contributed by atoms with Gasteiger partial charge >= 0.3 is 0 Å². The molecule has 2 heterocycles. The molecule has 1 amide bonds. The van der Waals surface area contributed by atoms with E-state index < -0.39 is 11.7 Å². The molecule has 202 valence electrons. The van der Waals surface area contributed by atoms with Gasteiger partial charge in [-0.3, -0.25) is 9.78 Å². The maximum atomic E-state index is 15.2. The van der Waals surface area contributed by atoms with Gasteiger partial charge in [-0.2, -0.15) is 0 Å². The van der Waals surface area contributed by atoms with Crippen LogP contribution in [0.4, 0.5) is 15.9 Å². The maximum absolute atomic E-state index is 15.2. The fourth-order valence-electron chi connectivity index (χ4n) is 4.85. The summed E-state index contributed by atoms with van der Waals surface area (Å²) < 4.78 is 20.7. The van der Waals surface area contributed by atoms with Gasteiger partial charge in [-0.05, 0) is 71.5 Å². The number of carbonyl (C=O) groups excluding carboxylic acids is 1. The molecule has 0 atom stereocenters. The summed E-state index contributed by atoms with van der Waals surface area (Å²) in [4.78, 5) is 24.4. The van der Waals surface area contributed by atoms with Crippen LogP contribution in [0.5, 0.6) is 5.75 Å². The zero-order valence-electron chi connectivity index (χ0n) is 22.5. The highest BCUT2D eigenvalue weighted by Crippen LogP contribution is 2.38. The van der Waals surface area contributed by atoms with Crippen molar-refractivity contribution >= 4 is 28.4 Å².